The Kier molecular flexibility index (Phi) is 4.53. The van der Waals surface area contributed by atoms with Crippen LogP contribution in [0.3, 0.4) is 0 Å². The molecule has 1 aromatic heterocycles. The first-order chi connectivity index (χ1) is 9.47. The summed E-state index contributed by atoms with van der Waals surface area (Å²) < 4.78 is 2.18. The SMILES string of the molecule is CCn1c(C)cc(C(=O)NCC2(C)CCNCC2)c1C. The first kappa shape index (κ1) is 15.1. The number of amides is 1. The summed E-state index contributed by atoms with van der Waals surface area (Å²) in [7, 11) is 0. The number of piperidine rings is 1. The van der Waals surface area contributed by atoms with E-state index in [-0.39, 0.29) is 11.3 Å². The normalized spacial score (nSPS) is 18.0. The smallest absolute Gasteiger partial charge is 0.253 e. The fraction of sp³-hybridized carbons (Fsp3) is 0.688. The van der Waals surface area contributed by atoms with Crippen LogP contribution in [0.2, 0.25) is 0 Å². The highest BCUT2D eigenvalue weighted by atomic mass is 16.1. The Hall–Kier alpha value is -1.29. The van der Waals surface area contributed by atoms with Crippen LogP contribution in [0.1, 0.15) is 48.4 Å². The Morgan fingerprint density at radius 3 is 2.60 bits per heavy atom. The van der Waals surface area contributed by atoms with Crippen LogP contribution >= 0.6 is 0 Å². The van der Waals surface area contributed by atoms with Gasteiger partial charge >= 0.3 is 0 Å². The first-order valence-electron chi connectivity index (χ1n) is 7.62. The molecule has 1 aliphatic heterocycles. The number of nitrogens with zero attached hydrogens (tertiary/aromatic N) is 1. The summed E-state index contributed by atoms with van der Waals surface area (Å²) in [6.45, 7) is 12.2. The van der Waals surface area contributed by atoms with E-state index in [2.05, 4.69) is 36.0 Å². The second-order valence-corrected chi connectivity index (χ2v) is 6.27. The number of hydrogen-bond acceptors (Lipinski definition) is 2. The van der Waals surface area contributed by atoms with Gasteiger partial charge in [0.15, 0.2) is 0 Å². The van der Waals surface area contributed by atoms with E-state index in [4.69, 9.17) is 0 Å². The van der Waals surface area contributed by atoms with Gasteiger partial charge in [0.1, 0.15) is 0 Å². The van der Waals surface area contributed by atoms with Crippen molar-refractivity contribution >= 4 is 5.91 Å². The van der Waals surface area contributed by atoms with Gasteiger partial charge in [-0.2, -0.15) is 0 Å². The van der Waals surface area contributed by atoms with Crippen LogP contribution in [0.5, 0.6) is 0 Å². The molecule has 1 aromatic rings. The molecule has 4 heteroatoms. The van der Waals surface area contributed by atoms with Crippen molar-refractivity contribution in [2.75, 3.05) is 19.6 Å². The lowest BCUT2D eigenvalue weighted by Gasteiger charge is -2.34. The van der Waals surface area contributed by atoms with E-state index in [9.17, 15) is 4.79 Å². The van der Waals surface area contributed by atoms with Gasteiger partial charge in [-0.05, 0) is 58.2 Å². The maximum atomic E-state index is 12.4. The monoisotopic (exact) mass is 277 g/mol. The summed E-state index contributed by atoms with van der Waals surface area (Å²) in [6.07, 6.45) is 2.25. The van der Waals surface area contributed by atoms with Crippen molar-refractivity contribution in [2.45, 2.75) is 47.1 Å². The number of carbonyl (C=O) groups excluding carboxylic acids is 1. The molecule has 1 saturated heterocycles. The lowest BCUT2D eigenvalue weighted by molar-refractivity contribution is 0.0921. The maximum Gasteiger partial charge on any atom is 0.253 e. The second kappa shape index (κ2) is 6.00. The molecule has 0 radical (unpaired) electrons. The minimum Gasteiger partial charge on any atom is -0.351 e. The van der Waals surface area contributed by atoms with E-state index in [1.807, 2.05) is 13.0 Å². The quantitative estimate of drug-likeness (QED) is 0.886. The zero-order chi connectivity index (χ0) is 14.8. The Balaban J connectivity index is 2.01. The molecule has 2 rings (SSSR count). The number of aryl methyl sites for hydroxylation is 1. The van der Waals surface area contributed by atoms with Gasteiger partial charge in [-0.1, -0.05) is 6.92 Å². The van der Waals surface area contributed by atoms with Gasteiger partial charge < -0.3 is 15.2 Å². The second-order valence-electron chi connectivity index (χ2n) is 6.27. The van der Waals surface area contributed by atoms with Crippen LogP contribution in [-0.4, -0.2) is 30.1 Å². The van der Waals surface area contributed by atoms with Gasteiger partial charge in [-0.15, -0.1) is 0 Å². The molecule has 2 heterocycles. The minimum absolute atomic E-state index is 0.0672. The molecule has 0 atom stereocenters. The van der Waals surface area contributed by atoms with Crippen molar-refractivity contribution in [2.24, 2.45) is 5.41 Å². The van der Waals surface area contributed by atoms with Crippen molar-refractivity contribution in [1.82, 2.24) is 15.2 Å². The predicted octanol–water partition coefficient (Wildman–Crippen LogP) is 2.24. The fourth-order valence-electron chi connectivity index (χ4n) is 3.11. The van der Waals surface area contributed by atoms with Gasteiger partial charge in [0.25, 0.3) is 5.91 Å². The summed E-state index contributed by atoms with van der Waals surface area (Å²) >= 11 is 0. The zero-order valence-corrected chi connectivity index (χ0v) is 13.2. The van der Waals surface area contributed by atoms with E-state index in [0.717, 1.165) is 56.0 Å². The number of carbonyl (C=O) groups is 1. The van der Waals surface area contributed by atoms with E-state index in [1.165, 1.54) is 0 Å². The van der Waals surface area contributed by atoms with Crippen LogP contribution < -0.4 is 10.6 Å². The summed E-state index contributed by atoms with van der Waals surface area (Å²) in [5, 5.41) is 6.51. The Bertz CT molecular complexity index is 484. The predicted molar refractivity (Wildman–Crippen MR) is 82.1 cm³/mol. The molecular formula is C16H27N3O. The average Bonchev–Trinajstić information content (AvgIpc) is 2.72. The molecule has 0 aliphatic carbocycles. The van der Waals surface area contributed by atoms with E-state index in [0.29, 0.717) is 0 Å². The zero-order valence-electron chi connectivity index (χ0n) is 13.2. The Morgan fingerprint density at radius 2 is 2.05 bits per heavy atom. The topological polar surface area (TPSA) is 46.1 Å². The van der Waals surface area contributed by atoms with Crippen LogP contribution in [0.15, 0.2) is 6.07 Å². The number of hydrogen-bond donors (Lipinski definition) is 2. The molecule has 4 nitrogen and oxygen atoms in total. The molecule has 0 aromatic carbocycles. The Labute approximate surface area is 121 Å². The fourth-order valence-corrected chi connectivity index (χ4v) is 3.11. The summed E-state index contributed by atoms with van der Waals surface area (Å²) in [5.41, 5.74) is 3.28. The highest BCUT2D eigenvalue weighted by Crippen LogP contribution is 2.27. The van der Waals surface area contributed by atoms with E-state index in [1.54, 1.807) is 0 Å². The van der Waals surface area contributed by atoms with Gasteiger partial charge in [-0.25, -0.2) is 0 Å². The maximum absolute atomic E-state index is 12.4. The third kappa shape index (κ3) is 3.06. The van der Waals surface area contributed by atoms with Crippen molar-refractivity contribution in [3.8, 4) is 0 Å². The van der Waals surface area contributed by atoms with Crippen molar-refractivity contribution in [3.05, 3.63) is 23.0 Å². The standard InChI is InChI=1S/C16H27N3O/c1-5-19-12(2)10-14(13(19)3)15(20)18-11-16(4)6-8-17-9-7-16/h10,17H,5-9,11H2,1-4H3,(H,18,20). The van der Waals surface area contributed by atoms with Crippen molar-refractivity contribution < 1.29 is 4.79 Å². The third-order valence-electron chi connectivity index (χ3n) is 4.62. The molecular weight excluding hydrogens is 250 g/mol. The average molecular weight is 277 g/mol. The van der Waals surface area contributed by atoms with Crippen molar-refractivity contribution in [3.63, 3.8) is 0 Å². The molecule has 2 N–H and O–H groups in total. The lowest BCUT2D eigenvalue weighted by Crippen LogP contribution is -2.43. The van der Waals surface area contributed by atoms with Gasteiger partial charge in [0, 0.05) is 24.5 Å². The largest absolute Gasteiger partial charge is 0.351 e. The third-order valence-corrected chi connectivity index (χ3v) is 4.62. The highest BCUT2D eigenvalue weighted by Gasteiger charge is 2.27. The van der Waals surface area contributed by atoms with Crippen LogP contribution in [0.25, 0.3) is 0 Å². The number of aromatic nitrogens is 1. The first-order valence-corrected chi connectivity index (χ1v) is 7.62. The van der Waals surface area contributed by atoms with Crippen molar-refractivity contribution in [1.29, 1.82) is 0 Å². The molecule has 0 unspecified atom stereocenters. The molecule has 1 aliphatic rings. The van der Waals surface area contributed by atoms with Crippen LogP contribution in [0, 0.1) is 19.3 Å². The summed E-state index contributed by atoms with van der Waals surface area (Å²) in [4.78, 5) is 12.4. The lowest BCUT2D eigenvalue weighted by atomic mass is 9.81. The minimum atomic E-state index is 0.0672. The Morgan fingerprint density at radius 1 is 1.40 bits per heavy atom. The van der Waals surface area contributed by atoms with E-state index >= 15 is 0 Å². The van der Waals surface area contributed by atoms with Gasteiger partial charge in [0.05, 0.1) is 5.56 Å². The number of nitrogens with one attached hydrogen (secondary N) is 2. The molecule has 0 spiro atoms. The summed E-state index contributed by atoms with van der Waals surface area (Å²) in [6, 6.07) is 2.00. The molecule has 112 valence electrons. The molecule has 20 heavy (non-hydrogen) atoms. The summed E-state index contributed by atoms with van der Waals surface area (Å²) in [5.74, 6) is 0.0672. The molecule has 0 bridgehead atoms. The van der Waals surface area contributed by atoms with Gasteiger partial charge in [0.2, 0.25) is 0 Å². The number of rotatable bonds is 4. The van der Waals surface area contributed by atoms with Gasteiger partial charge in [-0.3, -0.25) is 4.79 Å². The molecule has 0 saturated carbocycles. The highest BCUT2D eigenvalue weighted by molar-refractivity contribution is 5.95. The molecule has 1 amide bonds. The molecule has 1 fully saturated rings. The van der Waals surface area contributed by atoms with Crippen LogP contribution in [0.4, 0.5) is 0 Å². The van der Waals surface area contributed by atoms with Crippen LogP contribution in [-0.2, 0) is 6.54 Å². The van der Waals surface area contributed by atoms with E-state index < -0.39 is 0 Å².